The number of aromatic nitrogens is 1. The first-order valence-corrected chi connectivity index (χ1v) is 3.81. The van der Waals surface area contributed by atoms with Crippen LogP contribution < -0.4 is 4.74 Å². The highest BCUT2D eigenvalue weighted by Gasteiger charge is 2.10. The fourth-order valence-electron chi connectivity index (χ4n) is 1.23. The second-order valence-corrected chi connectivity index (χ2v) is 2.69. The van der Waals surface area contributed by atoms with Gasteiger partial charge in [-0.3, -0.25) is 0 Å². The van der Waals surface area contributed by atoms with Gasteiger partial charge in [-0.15, -0.1) is 0 Å². The molecule has 0 fully saturated rings. The smallest absolute Gasteiger partial charge is 0.196 e. The van der Waals surface area contributed by atoms with Crippen molar-refractivity contribution in [1.82, 2.24) is 4.98 Å². The molecule has 0 aliphatic carbocycles. The Bertz CT molecular complexity index is 450. The van der Waals surface area contributed by atoms with Crippen molar-refractivity contribution in [2.75, 3.05) is 7.11 Å². The predicted octanol–water partition coefficient (Wildman–Crippen LogP) is 2.28. The lowest BCUT2D eigenvalue weighted by atomic mass is 10.3. The van der Waals surface area contributed by atoms with Crippen molar-refractivity contribution in [3.8, 4) is 5.75 Å². The van der Waals surface area contributed by atoms with E-state index in [4.69, 9.17) is 9.15 Å². The number of nitrogens with zero attached hydrogens (tertiary/aromatic N) is 1. The molecule has 0 aliphatic heterocycles. The van der Waals surface area contributed by atoms with E-state index < -0.39 is 0 Å². The van der Waals surface area contributed by atoms with Gasteiger partial charge in [0.25, 0.3) is 0 Å². The average molecular weight is 181 g/mol. The fraction of sp³-hybridized carbons (Fsp3) is 0.222. The third-order valence-corrected chi connectivity index (χ3v) is 1.75. The average Bonchev–Trinajstić information content (AvgIpc) is 2.43. The molecule has 1 aromatic carbocycles. The van der Waals surface area contributed by atoms with Gasteiger partial charge in [0.1, 0.15) is 11.3 Å². The van der Waals surface area contributed by atoms with Crippen LogP contribution in [0.4, 0.5) is 4.39 Å². The lowest BCUT2D eigenvalue weighted by Crippen LogP contribution is -1.84. The van der Waals surface area contributed by atoms with Crippen molar-refractivity contribution < 1.29 is 13.5 Å². The zero-order valence-corrected chi connectivity index (χ0v) is 7.30. The van der Waals surface area contributed by atoms with Crippen LogP contribution in [-0.2, 0) is 0 Å². The summed E-state index contributed by atoms with van der Waals surface area (Å²) in [5.74, 6) is 0.493. The van der Waals surface area contributed by atoms with Gasteiger partial charge in [-0.1, -0.05) is 0 Å². The summed E-state index contributed by atoms with van der Waals surface area (Å²) in [5.41, 5.74) is 0.968. The van der Waals surface area contributed by atoms with Gasteiger partial charge in [0, 0.05) is 19.1 Å². The van der Waals surface area contributed by atoms with E-state index >= 15 is 0 Å². The third kappa shape index (κ3) is 1.24. The first-order valence-electron chi connectivity index (χ1n) is 3.81. The lowest BCUT2D eigenvalue weighted by molar-refractivity contribution is 0.405. The van der Waals surface area contributed by atoms with Gasteiger partial charge in [0.05, 0.1) is 7.11 Å². The third-order valence-electron chi connectivity index (χ3n) is 1.75. The molecule has 68 valence electrons. The summed E-state index contributed by atoms with van der Waals surface area (Å²) in [6.07, 6.45) is 0. The summed E-state index contributed by atoms with van der Waals surface area (Å²) >= 11 is 0. The molecular formula is C9H8FNO2. The second-order valence-electron chi connectivity index (χ2n) is 2.69. The van der Waals surface area contributed by atoms with E-state index in [1.165, 1.54) is 19.2 Å². The number of methoxy groups -OCH3 is 1. The fourth-order valence-corrected chi connectivity index (χ4v) is 1.23. The Hall–Kier alpha value is -1.58. The van der Waals surface area contributed by atoms with Crippen LogP contribution in [0.2, 0.25) is 0 Å². The number of aryl methyl sites for hydroxylation is 1. The molecule has 0 aliphatic rings. The van der Waals surface area contributed by atoms with Crippen molar-refractivity contribution in [2.45, 2.75) is 6.92 Å². The monoisotopic (exact) mass is 181 g/mol. The van der Waals surface area contributed by atoms with Crippen LogP contribution >= 0.6 is 0 Å². The van der Waals surface area contributed by atoms with E-state index in [-0.39, 0.29) is 5.82 Å². The lowest BCUT2D eigenvalue weighted by Gasteiger charge is -1.98. The van der Waals surface area contributed by atoms with Crippen LogP contribution in [0.3, 0.4) is 0 Å². The van der Waals surface area contributed by atoms with Crippen molar-refractivity contribution in [1.29, 1.82) is 0 Å². The van der Waals surface area contributed by atoms with Gasteiger partial charge in [-0.2, -0.15) is 0 Å². The highest BCUT2D eigenvalue weighted by Crippen LogP contribution is 2.27. The van der Waals surface area contributed by atoms with Gasteiger partial charge >= 0.3 is 0 Å². The topological polar surface area (TPSA) is 35.3 Å². The Morgan fingerprint density at radius 3 is 2.92 bits per heavy atom. The van der Waals surface area contributed by atoms with Gasteiger partial charge < -0.3 is 9.15 Å². The Balaban J connectivity index is 2.80. The molecule has 2 rings (SSSR count). The molecule has 1 heterocycles. The molecule has 3 nitrogen and oxygen atoms in total. The maximum absolute atomic E-state index is 12.9. The first-order chi connectivity index (χ1) is 6.20. The minimum Gasteiger partial charge on any atom is -0.493 e. The molecular weight excluding hydrogens is 173 g/mol. The Kier molecular flexibility index (Phi) is 1.69. The van der Waals surface area contributed by atoms with Crippen LogP contribution in [0.1, 0.15) is 5.89 Å². The van der Waals surface area contributed by atoms with E-state index in [1.807, 2.05) is 0 Å². The number of hydrogen-bond acceptors (Lipinski definition) is 3. The summed E-state index contributed by atoms with van der Waals surface area (Å²) in [7, 11) is 1.46. The van der Waals surface area contributed by atoms with Crippen LogP contribution in [0.25, 0.3) is 11.1 Å². The zero-order valence-electron chi connectivity index (χ0n) is 7.30. The van der Waals surface area contributed by atoms with Gasteiger partial charge in [-0.05, 0) is 0 Å². The molecule has 0 atom stereocenters. The Morgan fingerprint density at radius 2 is 2.23 bits per heavy atom. The van der Waals surface area contributed by atoms with Gasteiger partial charge in [0.2, 0.25) is 0 Å². The zero-order chi connectivity index (χ0) is 9.42. The minimum absolute atomic E-state index is 0.371. The number of oxazole rings is 1. The number of rotatable bonds is 1. The first kappa shape index (κ1) is 8.04. The van der Waals surface area contributed by atoms with Gasteiger partial charge in [-0.25, -0.2) is 9.37 Å². The van der Waals surface area contributed by atoms with E-state index in [9.17, 15) is 4.39 Å². The number of fused-ring (bicyclic) bond motifs is 1. The number of benzene rings is 1. The molecule has 0 unspecified atom stereocenters. The van der Waals surface area contributed by atoms with Crippen molar-refractivity contribution in [3.05, 3.63) is 23.8 Å². The normalized spacial score (nSPS) is 10.7. The van der Waals surface area contributed by atoms with E-state index in [2.05, 4.69) is 4.98 Å². The SMILES string of the molecule is COc1cc(F)cc2nc(C)oc12. The molecule has 0 spiro atoms. The molecule has 13 heavy (non-hydrogen) atoms. The largest absolute Gasteiger partial charge is 0.493 e. The molecule has 0 amide bonds. The van der Waals surface area contributed by atoms with Crippen LogP contribution in [0.15, 0.2) is 16.5 Å². The van der Waals surface area contributed by atoms with E-state index in [0.29, 0.717) is 22.7 Å². The molecule has 0 N–H and O–H groups in total. The van der Waals surface area contributed by atoms with E-state index in [1.54, 1.807) is 6.92 Å². The minimum atomic E-state index is -0.377. The molecule has 1 aromatic heterocycles. The number of halogens is 1. The molecule has 0 saturated carbocycles. The number of ether oxygens (including phenoxy) is 1. The van der Waals surface area contributed by atoms with Crippen molar-refractivity contribution in [3.63, 3.8) is 0 Å². The molecule has 4 heteroatoms. The molecule has 0 bridgehead atoms. The number of hydrogen-bond donors (Lipinski definition) is 0. The molecule has 0 radical (unpaired) electrons. The maximum Gasteiger partial charge on any atom is 0.196 e. The van der Waals surface area contributed by atoms with E-state index in [0.717, 1.165) is 0 Å². The summed E-state index contributed by atoms with van der Waals surface area (Å²) in [5, 5.41) is 0. The standard InChI is InChI=1S/C9H8FNO2/c1-5-11-7-3-6(10)4-8(12-2)9(7)13-5/h3-4H,1-2H3. The summed E-state index contributed by atoms with van der Waals surface area (Å²) in [6, 6.07) is 2.58. The van der Waals surface area contributed by atoms with Gasteiger partial charge in [0.15, 0.2) is 17.2 Å². The quantitative estimate of drug-likeness (QED) is 0.677. The van der Waals surface area contributed by atoms with Crippen LogP contribution in [0.5, 0.6) is 5.75 Å². The molecule has 2 aromatic rings. The summed E-state index contributed by atoms with van der Waals surface area (Å²) < 4.78 is 23.1. The summed E-state index contributed by atoms with van der Waals surface area (Å²) in [6.45, 7) is 1.71. The van der Waals surface area contributed by atoms with Crippen LogP contribution in [0, 0.1) is 12.7 Å². The summed E-state index contributed by atoms with van der Waals surface area (Å²) in [4.78, 5) is 4.00. The second kappa shape index (κ2) is 2.73. The Labute approximate surface area is 74.1 Å². The Morgan fingerprint density at radius 1 is 1.46 bits per heavy atom. The predicted molar refractivity (Wildman–Crippen MR) is 45.3 cm³/mol. The van der Waals surface area contributed by atoms with Crippen LogP contribution in [-0.4, -0.2) is 12.1 Å². The highest BCUT2D eigenvalue weighted by atomic mass is 19.1. The molecule has 0 saturated heterocycles. The highest BCUT2D eigenvalue weighted by molar-refractivity contribution is 5.79. The van der Waals surface area contributed by atoms with Crippen molar-refractivity contribution >= 4 is 11.1 Å². The maximum atomic E-state index is 12.9. The van der Waals surface area contributed by atoms with Crippen molar-refractivity contribution in [2.24, 2.45) is 0 Å².